The van der Waals surface area contributed by atoms with E-state index in [0.717, 1.165) is 37.7 Å². The summed E-state index contributed by atoms with van der Waals surface area (Å²) >= 11 is 0. The number of aromatic nitrogens is 1. The van der Waals surface area contributed by atoms with Crippen LogP contribution in [0.4, 0.5) is 11.5 Å². The second-order valence-corrected chi connectivity index (χ2v) is 4.73. The van der Waals surface area contributed by atoms with Gasteiger partial charge in [-0.25, -0.2) is 4.98 Å². The standard InChI is InChI=1S/C13H22N4/c1-3-11(2)16-6-8-17(9-7-16)13-10-12(14)4-5-15-13/h4-5,10-11H,3,6-9H2,1-2H3,(H2,14,15). The van der Waals surface area contributed by atoms with E-state index >= 15 is 0 Å². The Balaban J connectivity index is 1.95. The highest BCUT2D eigenvalue weighted by molar-refractivity contribution is 5.50. The van der Waals surface area contributed by atoms with E-state index in [1.54, 1.807) is 6.20 Å². The Morgan fingerprint density at radius 1 is 1.35 bits per heavy atom. The van der Waals surface area contributed by atoms with Crippen LogP contribution < -0.4 is 10.6 Å². The van der Waals surface area contributed by atoms with Gasteiger partial charge >= 0.3 is 0 Å². The van der Waals surface area contributed by atoms with Crippen molar-refractivity contribution < 1.29 is 0 Å². The number of rotatable bonds is 3. The van der Waals surface area contributed by atoms with Crippen molar-refractivity contribution in [2.24, 2.45) is 0 Å². The van der Waals surface area contributed by atoms with Gasteiger partial charge in [-0.15, -0.1) is 0 Å². The first kappa shape index (κ1) is 12.2. The summed E-state index contributed by atoms with van der Waals surface area (Å²) in [5.74, 6) is 1.01. The summed E-state index contributed by atoms with van der Waals surface area (Å²) in [5, 5.41) is 0. The zero-order chi connectivity index (χ0) is 12.3. The van der Waals surface area contributed by atoms with Gasteiger partial charge in [0.1, 0.15) is 5.82 Å². The van der Waals surface area contributed by atoms with Crippen LogP contribution in [0.5, 0.6) is 0 Å². The second kappa shape index (κ2) is 5.36. The molecule has 1 atom stereocenters. The number of hydrogen-bond acceptors (Lipinski definition) is 4. The number of nitrogens with zero attached hydrogens (tertiary/aromatic N) is 3. The van der Waals surface area contributed by atoms with Crippen molar-refractivity contribution in [3.05, 3.63) is 18.3 Å². The number of hydrogen-bond donors (Lipinski definition) is 1. The molecule has 1 aromatic rings. The van der Waals surface area contributed by atoms with Crippen LogP contribution in [0.3, 0.4) is 0 Å². The first-order chi connectivity index (χ1) is 8.20. The van der Waals surface area contributed by atoms with Crippen molar-refractivity contribution in [2.45, 2.75) is 26.3 Å². The van der Waals surface area contributed by atoms with Crippen molar-refractivity contribution in [1.29, 1.82) is 0 Å². The lowest BCUT2D eigenvalue weighted by Gasteiger charge is -2.38. The molecular formula is C13H22N4. The van der Waals surface area contributed by atoms with Crippen LogP contribution in [-0.4, -0.2) is 42.1 Å². The van der Waals surface area contributed by atoms with Crippen molar-refractivity contribution in [2.75, 3.05) is 36.8 Å². The van der Waals surface area contributed by atoms with Gasteiger partial charge in [-0.2, -0.15) is 0 Å². The van der Waals surface area contributed by atoms with Crippen molar-refractivity contribution in [1.82, 2.24) is 9.88 Å². The fourth-order valence-corrected chi connectivity index (χ4v) is 2.26. The fourth-order valence-electron chi connectivity index (χ4n) is 2.26. The van der Waals surface area contributed by atoms with Crippen molar-refractivity contribution in [3.63, 3.8) is 0 Å². The molecule has 0 bridgehead atoms. The third-order valence-corrected chi connectivity index (χ3v) is 3.62. The predicted octanol–water partition coefficient (Wildman–Crippen LogP) is 1.58. The molecule has 17 heavy (non-hydrogen) atoms. The minimum absolute atomic E-state index is 0.686. The van der Waals surface area contributed by atoms with E-state index < -0.39 is 0 Å². The van der Waals surface area contributed by atoms with Crippen LogP contribution in [0, 0.1) is 0 Å². The fraction of sp³-hybridized carbons (Fsp3) is 0.615. The Morgan fingerprint density at radius 2 is 2.06 bits per heavy atom. The summed E-state index contributed by atoms with van der Waals surface area (Å²) in [5.41, 5.74) is 6.58. The average molecular weight is 234 g/mol. The molecule has 0 radical (unpaired) electrons. The third kappa shape index (κ3) is 2.88. The number of pyridine rings is 1. The van der Waals surface area contributed by atoms with Crippen LogP contribution >= 0.6 is 0 Å². The van der Waals surface area contributed by atoms with Gasteiger partial charge in [-0.05, 0) is 19.4 Å². The van der Waals surface area contributed by atoms with Gasteiger partial charge in [0, 0.05) is 50.2 Å². The molecule has 0 aliphatic carbocycles. The lowest BCUT2D eigenvalue weighted by molar-refractivity contribution is 0.192. The molecule has 0 saturated carbocycles. The number of piperazine rings is 1. The molecule has 2 rings (SSSR count). The lowest BCUT2D eigenvalue weighted by atomic mass is 10.2. The van der Waals surface area contributed by atoms with Gasteiger partial charge in [0.2, 0.25) is 0 Å². The van der Waals surface area contributed by atoms with Gasteiger partial charge in [0.15, 0.2) is 0 Å². The number of nitrogens with two attached hydrogens (primary N) is 1. The highest BCUT2D eigenvalue weighted by Gasteiger charge is 2.20. The van der Waals surface area contributed by atoms with Crippen LogP contribution in [-0.2, 0) is 0 Å². The summed E-state index contributed by atoms with van der Waals surface area (Å²) in [6, 6.07) is 4.48. The molecule has 2 N–H and O–H groups in total. The molecule has 1 aliphatic rings. The van der Waals surface area contributed by atoms with Crippen molar-refractivity contribution in [3.8, 4) is 0 Å². The Kier molecular flexibility index (Phi) is 3.84. The monoisotopic (exact) mass is 234 g/mol. The van der Waals surface area contributed by atoms with Crippen LogP contribution in [0.25, 0.3) is 0 Å². The van der Waals surface area contributed by atoms with Gasteiger partial charge in [-0.3, -0.25) is 4.90 Å². The number of nitrogen functional groups attached to an aromatic ring is 1. The van der Waals surface area contributed by atoms with E-state index in [1.165, 1.54) is 6.42 Å². The van der Waals surface area contributed by atoms with E-state index in [2.05, 4.69) is 28.6 Å². The SMILES string of the molecule is CCC(C)N1CCN(c2cc(N)ccn2)CC1. The molecule has 0 aromatic carbocycles. The zero-order valence-electron chi connectivity index (χ0n) is 10.8. The molecule has 0 amide bonds. The van der Waals surface area contributed by atoms with Gasteiger partial charge < -0.3 is 10.6 Å². The topological polar surface area (TPSA) is 45.4 Å². The van der Waals surface area contributed by atoms with Crippen molar-refractivity contribution >= 4 is 11.5 Å². The molecule has 4 heteroatoms. The molecule has 1 saturated heterocycles. The summed E-state index contributed by atoms with van der Waals surface area (Å²) < 4.78 is 0. The first-order valence-corrected chi connectivity index (χ1v) is 6.41. The normalized spacial score (nSPS) is 19.3. The smallest absolute Gasteiger partial charge is 0.130 e. The Hall–Kier alpha value is -1.29. The van der Waals surface area contributed by atoms with E-state index in [4.69, 9.17) is 5.73 Å². The van der Waals surface area contributed by atoms with Gasteiger partial charge in [-0.1, -0.05) is 6.92 Å². The molecule has 94 valence electrons. The molecule has 4 nitrogen and oxygen atoms in total. The molecule has 0 spiro atoms. The van der Waals surface area contributed by atoms with E-state index in [-0.39, 0.29) is 0 Å². The Labute approximate surface area is 103 Å². The maximum atomic E-state index is 5.79. The number of anilines is 2. The van der Waals surface area contributed by atoms with Crippen LogP contribution in [0.2, 0.25) is 0 Å². The highest BCUT2D eigenvalue weighted by atomic mass is 15.3. The van der Waals surface area contributed by atoms with Gasteiger partial charge in [0.05, 0.1) is 0 Å². The second-order valence-electron chi connectivity index (χ2n) is 4.73. The molecule has 1 fully saturated rings. The summed E-state index contributed by atoms with van der Waals surface area (Å²) in [4.78, 5) is 9.24. The minimum atomic E-state index is 0.686. The van der Waals surface area contributed by atoms with Crippen LogP contribution in [0.15, 0.2) is 18.3 Å². The predicted molar refractivity (Wildman–Crippen MR) is 72.2 cm³/mol. The Bertz CT molecular complexity index is 358. The molecule has 1 aliphatic heterocycles. The summed E-state index contributed by atoms with van der Waals surface area (Å²) in [7, 11) is 0. The first-order valence-electron chi connectivity index (χ1n) is 6.41. The zero-order valence-corrected chi connectivity index (χ0v) is 10.8. The molecular weight excluding hydrogens is 212 g/mol. The Morgan fingerprint density at radius 3 is 2.65 bits per heavy atom. The average Bonchev–Trinajstić information content (AvgIpc) is 2.38. The molecule has 2 heterocycles. The third-order valence-electron chi connectivity index (χ3n) is 3.62. The highest BCUT2D eigenvalue weighted by Crippen LogP contribution is 2.17. The molecule has 1 aromatic heterocycles. The van der Waals surface area contributed by atoms with Crippen LogP contribution in [0.1, 0.15) is 20.3 Å². The van der Waals surface area contributed by atoms with E-state index in [1.807, 2.05) is 12.1 Å². The largest absolute Gasteiger partial charge is 0.399 e. The van der Waals surface area contributed by atoms with E-state index in [9.17, 15) is 0 Å². The maximum Gasteiger partial charge on any atom is 0.130 e. The summed E-state index contributed by atoms with van der Waals surface area (Å²) in [6.07, 6.45) is 3.00. The summed E-state index contributed by atoms with van der Waals surface area (Å²) in [6.45, 7) is 8.86. The van der Waals surface area contributed by atoms with E-state index in [0.29, 0.717) is 6.04 Å². The quantitative estimate of drug-likeness (QED) is 0.862. The lowest BCUT2D eigenvalue weighted by Crippen LogP contribution is -2.49. The molecule has 1 unspecified atom stereocenters. The van der Waals surface area contributed by atoms with Gasteiger partial charge in [0.25, 0.3) is 0 Å². The minimum Gasteiger partial charge on any atom is -0.399 e. The maximum absolute atomic E-state index is 5.79.